The summed E-state index contributed by atoms with van der Waals surface area (Å²) in [6.45, 7) is 0.310. The average Bonchev–Trinajstić information content (AvgIpc) is 3.23. The molecular formula is C27H24N2O5. The summed E-state index contributed by atoms with van der Waals surface area (Å²) in [5.74, 6) is -0.722. The number of fused-ring (bicyclic) bond motifs is 1. The molecule has 0 radical (unpaired) electrons. The van der Waals surface area contributed by atoms with Crippen LogP contribution in [0.15, 0.2) is 66.7 Å². The van der Waals surface area contributed by atoms with Crippen molar-refractivity contribution in [2.45, 2.75) is 24.8 Å². The van der Waals surface area contributed by atoms with Crippen molar-refractivity contribution in [2.75, 3.05) is 13.7 Å². The van der Waals surface area contributed by atoms with Crippen molar-refractivity contribution in [3.63, 3.8) is 0 Å². The van der Waals surface area contributed by atoms with Crippen molar-refractivity contribution in [1.82, 2.24) is 5.32 Å². The van der Waals surface area contributed by atoms with Crippen molar-refractivity contribution in [1.29, 1.82) is 5.26 Å². The molecular weight excluding hydrogens is 432 g/mol. The standard InChI is InChI=1S/C27H24N2O5/c1-33-23-10-9-20(14-24(23)34-12-11-18-5-4-6-19(13-18)17-28)25(30)29-27(26(31)32)15-21-7-2-3-8-22(21)16-27/h2-10,13-14H,11-12,15-16H2,1H3,(H,29,30)(H,31,32). The first kappa shape index (κ1) is 22.9. The second-order valence-corrected chi connectivity index (χ2v) is 8.24. The molecule has 3 aromatic rings. The molecule has 0 bridgehead atoms. The molecule has 3 aromatic carbocycles. The molecule has 0 atom stereocenters. The number of nitriles is 1. The van der Waals surface area contributed by atoms with Crippen molar-refractivity contribution in [2.24, 2.45) is 0 Å². The van der Waals surface area contributed by atoms with Crippen molar-refractivity contribution >= 4 is 11.9 Å². The molecule has 7 heteroatoms. The van der Waals surface area contributed by atoms with Gasteiger partial charge in [-0.05, 0) is 47.0 Å². The fourth-order valence-electron chi connectivity index (χ4n) is 4.20. The molecule has 0 saturated heterocycles. The number of ether oxygens (including phenoxy) is 2. The van der Waals surface area contributed by atoms with Gasteiger partial charge in [-0.15, -0.1) is 0 Å². The number of benzene rings is 3. The first-order valence-corrected chi connectivity index (χ1v) is 10.9. The third-order valence-electron chi connectivity index (χ3n) is 6.00. The Morgan fingerprint density at radius 1 is 1.03 bits per heavy atom. The molecule has 1 aliphatic carbocycles. The summed E-state index contributed by atoms with van der Waals surface area (Å²) in [7, 11) is 1.51. The van der Waals surface area contributed by atoms with Gasteiger partial charge in [0.05, 0.1) is 25.3 Å². The summed E-state index contributed by atoms with van der Waals surface area (Å²) in [6.07, 6.45) is 1.02. The third-order valence-corrected chi connectivity index (χ3v) is 6.00. The van der Waals surface area contributed by atoms with Gasteiger partial charge < -0.3 is 19.9 Å². The van der Waals surface area contributed by atoms with E-state index in [1.807, 2.05) is 36.4 Å². The van der Waals surface area contributed by atoms with Crippen LogP contribution in [0.25, 0.3) is 0 Å². The largest absolute Gasteiger partial charge is 0.493 e. The van der Waals surface area contributed by atoms with Gasteiger partial charge in [0, 0.05) is 24.8 Å². The monoisotopic (exact) mass is 456 g/mol. The second kappa shape index (κ2) is 9.67. The van der Waals surface area contributed by atoms with Crippen LogP contribution in [-0.4, -0.2) is 36.2 Å². The van der Waals surface area contributed by atoms with E-state index < -0.39 is 17.4 Å². The zero-order valence-electron chi connectivity index (χ0n) is 18.7. The molecule has 1 aliphatic rings. The van der Waals surface area contributed by atoms with Gasteiger partial charge in [0.15, 0.2) is 11.5 Å². The van der Waals surface area contributed by atoms with E-state index in [2.05, 4.69) is 11.4 Å². The van der Waals surface area contributed by atoms with Crippen LogP contribution >= 0.6 is 0 Å². The van der Waals surface area contributed by atoms with Crippen molar-refractivity contribution < 1.29 is 24.2 Å². The maximum atomic E-state index is 13.1. The van der Waals surface area contributed by atoms with Crippen LogP contribution in [0.5, 0.6) is 11.5 Å². The number of carboxylic acids is 1. The van der Waals surface area contributed by atoms with Crippen LogP contribution in [0, 0.1) is 11.3 Å². The minimum absolute atomic E-state index is 0.228. The summed E-state index contributed by atoms with van der Waals surface area (Å²) < 4.78 is 11.2. The Balaban J connectivity index is 1.48. The molecule has 7 nitrogen and oxygen atoms in total. The SMILES string of the molecule is COc1ccc(C(=O)NC2(C(=O)O)Cc3ccccc3C2)cc1OCCc1cccc(C#N)c1. The molecule has 0 saturated carbocycles. The van der Waals surface area contributed by atoms with Crippen LogP contribution in [0.2, 0.25) is 0 Å². The van der Waals surface area contributed by atoms with E-state index in [0.717, 1.165) is 16.7 Å². The highest BCUT2D eigenvalue weighted by molar-refractivity contribution is 5.99. The Kier molecular flexibility index (Phi) is 6.51. The number of rotatable bonds is 8. The van der Waals surface area contributed by atoms with E-state index in [9.17, 15) is 14.7 Å². The van der Waals surface area contributed by atoms with E-state index in [0.29, 0.717) is 30.1 Å². The molecule has 0 fully saturated rings. The van der Waals surface area contributed by atoms with Crippen LogP contribution in [0.3, 0.4) is 0 Å². The predicted molar refractivity (Wildman–Crippen MR) is 125 cm³/mol. The second-order valence-electron chi connectivity index (χ2n) is 8.24. The zero-order valence-corrected chi connectivity index (χ0v) is 18.7. The lowest BCUT2D eigenvalue weighted by Gasteiger charge is -2.25. The van der Waals surface area contributed by atoms with Crippen molar-refractivity contribution in [3.8, 4) is 17.6 Å². The smallest absolute Gasteiger partial charge is 0.330 e. The Labute approximate surface area is 197 Å². The van der Waals surface area contributed by atoms with Crippen molar-refractivity contribution in [3.05, 3.63) is 94.5 Å². The Hall–Kier alpha value is -4.31. The quantitative estimate of drug-likeness (QED) is 0.537. The lowest BCUT2D eigenvalue weighted by molar-refractivity contribution is -0.144. The van der Waals surface area contributed by atoms with E-state index >= 15 is 0 Å². The van der Waals surface area contributed by atoms with Crippen LogP contribution in [0.1, 0.15) is 32.6 Å². The maximum absolute atomic E-state index is 13.1. The molecule has 0 spiro atoms. The summed E-state index contributed by atoms with van der Waals surface area (Å²) in [5, 5.41) is 21.7. The molecule has 0 aromatic heterocycles. The van der Waals surface area contributed by atoms with Crippen LogP contribution < -0.4 is 14.8 Å². The zero-order chi connectivity index (χ0) is 24.1. The fourth-order valence-corrected chi connectivity index (χ4v) is 4.20. The molecule has 0 aliphatic heterocycles. The Morgan fingerprint density at radius 3 is 2.41 bits per heavy atom. The predicted octanol–water partition coefficient (Wildman–Crippen LogP) is 3.54. The topological polar surface area (TPSA) is 109 Å². The number of carboxylic acid groups (broad SMARTS) is 1. The van der Waals surface area contributed by atoms with Gasteiger partial charge in [0.1, 0.15) is 5.54 Å². The van der Waals surface area contributed by atoms with E-state index in [1.54, 1.807) is 30.3 Å². The number of nitrogens with zero attached hydrogens (tertiary/aromatic N) is 1. The number of carbonyl (C=O) groups excluding carboxylic acids is 1. The highest BCUT2D eigenvalue weighted by Crippen LogP contribution is 2.32. The minimum atomic E-state index is -1.40. The number of aliphatic carboxylic acids is 1. The number of hydrogen-bond acceptors (Lipinski definition) is 5. The lowest BCUT2D eigenvalue weighted by atomic mass is 9.95. The van der Waals surface area contributed by atoms with Gasteiger partial charge >= 0.3 is 5.97 Å². The maximum Gasteiger partial charge on any atom is 0.330 e. The first-order chi connectivity index (χ1) is 16.4. The van der Waals surface area contributed by atoms with E-state index in [1.165, 1.54) is 7.11 Å². The van der Waals surface area contributed by atoms with Gasteiger partial charge in [-0.3, -0.25) is 4.79 Å². The summed E-state index contributed by atoms with van der Waals surface area (Å²) >= 11 is 0. The first-order valence-electron chi connectivity index (χ1n) is 10.9. The normalized spacial score (nSPS) is 13.4. The van der Waals surface area contributed by atoms with Crippen LogP contribution in [-0.2, 0) is 24.1 Å². The molecule has 1 amide bonds. The number of carbonyl (C=O) groups is 2. The van der Waals surface area contributed by atoms with Gasteiger partial charge in [-0.1, -0.05) is 36.4 Å². The van der Waals surface area contributed by atoms with Gasteiger partial charge in [0.2, 0.25) is 0 Å². The summed E-state index contributed by atoms with van der Waals surface area (Å²) in [6, 6.07) is 21.6. The number of hydrogen-bond donors (Lipinski definition) is 2. The molecule has 34 heavy (non-hydrogen) atoms. The molecule has 0 heterocycles. The summed E-state index contributed by atoms with van der Waals surface area (Å²) in [5.41, 5.74) is 2.26. The highest BCUT2D eigenvalue weighted by Gasteiger charge is 2.45. The van der Waals surface area contributed by atoms with Crippen LogP contribution in [0.4, 0.5) is 0 Å². The fraction of sp³-hybridized carbons (Fsp3) is 0.222. The highest BCUT2D eigenvalue weighted by atomic mass is 16.5. The molecule has 172 valence electrons. The van der Waals surface area contributed by atoms with Gasteiger partial charge in [-0.25, -0.2) is 4.79 Å². The van der Waals surface area contributed by atoms with E-state index in [4.69, 9.17) is 14.7 Å². The Morgan fingerprint density at radius 2 is 1.76 bits per heavy atom. The molecule has 2 N–H and O–H groups in total. The molecule has 0 unspecified atom stereocenters. The molecule has 4 rings (SSSR count). The number of methoxy groups -OCH3 is 1. The average molecular weight is 456 g/mol. The minimum Gasteiger partial charge on any atom is -0.493 e. The third kappa shape index (κ3) is 4.71. The van der Waals surface area contributed by atoms with Gasteiger partial charge in [-0.2, -0.15) is 5.26 Å². The number of nitrogens with one attached hydrogen (secondary N) is 1. The van der Waals surface area contributed by atoms with Gasteiger partial charge in [0.25, 0.3) is 5.91 Å². The van der Waals surface area contributed by atoms with E-state index in [-0.39, 0.29) is 18.4 Å². The number of amides is 1. The summed E-state index contributed by atoms with van der Waals surface area (Å²) in [4.78, 5) is 25.2. The lowest BCUT2D eigenvalue weighted by Crippen LogP contribution is -2.55. The Bertz CT molecular complexity index is 1250.